The Bertz CT molecular complexity index is 783. The molecule has 2 aliphatic heterocycles. The molecule has 1 atom stereocenters. The van der Waals surface area contributed by atoms with E-state index in [-0.39, 0.29) is 6.10 Å². The maximum atomic E-state index is 5.93. The minimum atomic E-state index is -0.0651. The Morgan fingerprint density at radius 3 is 2.80 bits per heavy atom. The number of rotatable bonds is 3. The Labute approximate surface area is 148 Å². The Kier molecular flexibility index (Phi) is 4.51. The lowest BCUT2D eigenvalue weighted by Gasteiger charge is -2.33. The third kappa shape index (κ3) is 3.72. The van der Waals surface area contributed by atoms with Crippen LogP contribution in [-0.2, 0) is 4.74 Å². The first kappa shape index (κ1) is 16.2. The summed E-state index contributed by atoms with van der Waals surface area (Å²) in [6.07, 6.45) is 2.18. The largest absolute Gasteiger partial charge is 0.489 e. The molecule has 5 nitrogen and oxygen atoms in total. The highest BCUT2D eigenvalue weighted by Crippen LogP contribution is 2.27. The van der Waals surface area contributed by atoms with E-state index in [1.54, 1.807) is 0 Å². The topological polar surface area (TPSA) is 47.5 Å². The van der Waals surface area contributed by atoms with Crippen molar-refractivity contribution in [1.82, 2.24) is 14.9 Å². The fourth-order valence-corrected chi connectivity index (χ4v) is 3.44. The van der Waals surface area contributed by atoms with Gasteiger partial charge in [0, 0.05) is 36.6 Å². The van der Waals surface area contributed by atoms with Crippen LogP contribution in [0, 0.1) is 13.8 Å². The van der Waals surface area contributed by atoms with Crippen molar-refractivity contribution in [2.75, 3.05) is 32.8 Å². The predicted octanol–water partition coefficient (Wildman–Crippen LogP) is 2.94. The van der Waals surface area contributed by atoms with Crippen LogP contribution in [0.2, 0.25) is 0 Å². The molecule has 1 aromatic heterocycles. The molecule has 1 aromatic carbocycles. The lowest BCUT2D eigenvalue weighted by molar-refractivity contribution is -0.0318. The van der Waals surface area contributed by atoms with Gasteiger partial charge in [-0.3, -0.25) is 4.90 Å². The van der Waals surface area contributed by atoms with E-state index in [1.165, 1.54) is 5.57 Å². The molecule has 3 heterocycles. The molecule has 0 N–H and O–H groups in total. The number of ether oxygens (including phenoxy) is 2. The molecule has 2 aromatic rings. The van der Waals surface area contributed by atoms with E-state index in [2.05, 4.69) is 27.0 Å². The van der Waals surface area contributed by atoms with E-state index in [1.807, 2.05) is 38.1 Å². The minimum absolute atomic E-state index is 0.0651. The molecule has 1 saturated heterocycles. The third-order valence-corrected chi connectivity index (χ3v) is 4.56. The quantitative estimate of drug-likeness (QED) is 0.862. The van der Waals surface area contributed by atoms with Crippen molar-refractivity contribution in [3.63, 3.8) is 0 Å². The Morgan fingerprint density at radius 2 is 1.96 bits per heavy atom. The Hall–Kier alpha value is -2.24. The number of nitrogens with zero attached hydrogens (tertiary/aromatic N) is 3. The second kappa shape index (κ2) is 6.94. The first-order valence-electron chi connectivity index (χ1n) is 8.75. The first-order chi connectivity index (χ1) is 12.2. The molecule has 0 unspecified atom stereocenters. The van der Waals surface area contributed by atoms with E-state index in [4.69, 9.17) is 9.47 Å². The van der Waals surface area contributed by atoms with Gasteiger partial charge in [-0.25, -0.2) is 9.97 Å². The van der Waals surface area contributed by atoms with Gasteiger partial charge in [0.1, 0.15) is 18.5 Å². The molecule has 2 aliphatic rings. The van der Waals surface area contributed by atoms with Crippen LogP contribution < -0.4 is 4.74 Å². The summed E-state index contributed by atoms with van der Waals surface area (Å²) in [4.78, 5) is 11.5. The zero-order valence-corrected chi connectivity index (χ0v) is 14.7. The smallest absolute Gasteiger partial charge is 0.158 e. The molecule has 5 heteroatoms. The number of benzene rings is 1. The van der Waals surface area contributed by atoms with Gasteiger partial charge in [0.25, 0.3) is 0 Å². The fraction of sp³-hybridized carbons (Fsp3) is 0.400. The summed E-state index contributed by atoms with van der Waals surface area (Å²) >= 11 is 0. The highest BCUT2D eigenvalue weighted by Gasteiger charge is 2.25. The van der Waals surface area contributed by atoms with Crippen LogP contribution >= 0.6 is 0 Å². The molecule has 0 amide bonds. The van der Waals surface area contributed by atoms with Crippen molar-refractivity contribution in [3.8, 4) is 5.75 Å². The number of fused-ring (bicyclic) bond motifs is 1. The highest BCUT2D eigenvalue weighted by atomic mass is 16.5. The number of para-hydroxylation sites is 1. The van der Waals surface area contributed by atoms with Crippen molar-refractivity contribution < 1.29 is 9.47 Å². The standard InChI is InChI=1S/C20H23N3O2/c1-14-9-15(2)22-20(21-14)19-12-23(7-8-24-19)11-16-10-17-5-3-4-6-18(17)25-13-16/h3-6,9-10,19H,7-8,11-13H2,1-2H3/t19-/m1/s1. The van der Waals surface area contributed by atoms with Gasteiger partial charge in [-0.05, 0) is 37.6 Å². The molecular formula is C20H23N3O2. The number of aryl methyl sites for hydroxylation is 2. The minimum Gasteiger partial charge on any atom is -0.489 e. The number of aromatic nitrogens is 2. The average Bonchev–Trinajstić information content (AvgIpc) is 2.61. The zero-order valence-electron chi connectivity index (χ0n) is 14.7. The van der Waals surface area contributed by atoms with Gasteiger partial charge < -0.3 is 9.47 Å². The van der Waals surface area contributed by atoms with Crippen LogP contribution in [0.1, 0.15) is 28.9 Å². The van der Waals surface area contributed by atoms with Crippen LogP contribution in [-0.4, -0.2) is 47.7 Å². The molecule has 0 saturated carbocycles. The Balaban J connectivity index is 1.46. The van der Waals surface area contributed by atoms with E-state index in [9.17, 15) is 0 Å². The summed E-state index contributed by atoms with van der Waals surface area (Å²) in [7, 11) is 0. The van der Waals surface area contributed by atoms with Gasteiger partial charge in [-0.15, -0.1) is 0 Å². The molecule has 0 aliphatic carbocycles. The van der Waals surface area contributed by atoms with Crippen LogP contribution in [0.5, 0.6) is 5.75 Å². The van der Waals surface area contributed by atoms with Gasteiger partial charge >= 0.3 is 0 Å². The Morgan fingerprint density at radius 1 is 1.16 bits per heavy atom. The summed E-state index contributed by atoms with van der Waals surface area (Å²) in [5.74, 6) is 1.76. The maximum Gasteiger partial charge on any atom is 0.158 e. The molecule has 25 heavy (non-hydrogen) atoms. The summed E-state index contributed by atoms with van der Waals surface area (Å²) in [6.45, 7) is 7.97. The van der Waals surface area contributed by atoms with Gasteiger partial charge in [0.15, 0.2) is 5.82 Å². The molecule has 4 rings (SSSR count). The molecule has 130 valence electrons. The van der Waals surface area contributed by atoms with Crippen molar-refractivity contribution in [2.45, 2.75) is 20.0 Å². The second-order valence-corrected chi connectivity index (χ2v) is 6.73. The first-order valence-corrected chi connectivity index (χ1v) is 8.75. The van der Waals surface area contributed by atoms with E-state index in [0.29, 0.717) is 13.2 Å². The summed E-state index contributed by atoms with van der Waals surface area (Å²) in [5.41, 5.74) is 4.43. The summed E-state index contributed by atoms with van der Waals surface area (Å²) < 4.78 is 11.8. The van der Waals surface area contributed by atoms with Crippen LogP contribution in [0.25, 0.3) is 6.08 Å². The van der Waals surface area contributed by atoms with Gasteiger partial charge in [-0.1, -0.05) is 18.2 Å². The van der Waals surface area contributed by atoms with Gasteiger partial charge in [0.2, 0.25) is 0 Å². The SMILES string of the molecule is Cc1cc(C)nc([C@H]2CN(CC3=Cc4ccccc4OC3)CCO2)n1. The second-order valence-electron chi connectivity index (χ2n) is 6.73. The summed E-state index contributed by atoms with van der Waals surface area (Å²) in [6, 6.07) is 10.2. The van der Waals surface area contributed by atoms with E-state index in [0.717, 1.165) is 48.2 Å². The molecule has 0 radical (unpaired) electrons. The van der Waals surface area contributed by atoms with Crippen LogP contribution in [0.3, 0.4) is 0 Å². The van der Waals surface area contributed by atoms with E-state index >= 15 is 0 Å². The van der Waals surface area contributed by atoms with Gasteiger partial charge in [-0.2, -0.15) is 0 Å². The number of hydrogen-bond donors (Lipinski definition) is 0. The molecule has 0 spiro atoms. The fourth-order valence-electron chi connectivity index (χ4n) is 3.44. The van der Waals surface area contributed by atoms with Crippen molar-refractivity contribution in [3.05, 3.63) is 58.7 Å². The average molecular weight is 337 g/mol. The summed E-state index contributed by atoms with van der Waals surface area (Å²) in [5, 5.41) is 0. The predicted molar refractivity (Wildman–Crippen MR) is 96.6 cm³/mol. The number of morpholine rings is 1. The van der Waals surface area contributed by atoms with Gasteiger partial charge in [0.05, 0.1) is 6.61 Å². The van der Waals surface area contributed by atoms with Crippen LogP contribution in [0.4, 0.5) is 0 Å². The lowest BCUT2D eigenvalue weighted by atomic mass is 10.1. The normalized spacial score (nSPS) is 20.6. The van der Waals surface area contributed by atoms with Crippen molar-refractivity contribution in [1.29, 1.82) is 0 Å². The van der Waals surface area contributed by atoms with Crippen molar-refractivity contribution in [2.24, 2.45) is 0 Å². The molecular weight excluding hydrogens is 314 g/mol. The zero-order chi connectivity index (χ0) is 17.2. The van der Waals surface area contributed by atoms with E-state index < -0.39 is 0 Å². The molecule has 1 fully saturated rings. The molecule has 0 bridgehead atoms. The van der Waals surface area contributed by atoms with Crippen LogP contribution in [0.15, 0.2) is 35.9 Å². The third-order valence-electron chi connectivity index (χ3n) is 4.56. The monoisotopic (exact) mass is 337 g/mol. The highest BCUT2D eigenvalue weighted by molar-refractivity contribution is 5.62. The maximum absolute atomic E-state index is 5.93. The number of hydrogen-bond acceptors (Lipinski definition) is 5. The van der Waals surface area contributed by atoms with Crippen molar-refractivity contribution >= 4 is 6.08 Å². The lowest BCUT2D eigenvalue weighted by Crippen LogP contribution is -2.40.